The smallest absolute Gasteiger partial charge is 0.243 e. The number of piperazine rings is 1. The molecule has 28 heavy (non-hydrogen) atoms. The van der Waals surface area contributed by atoms with Gasteiger partial charge < -0.3 is 5.32 Å². The maximum atomic E-state index is 12.8. The number of anilines is 1. The molecule has 0 atom stereocenters. The van der Waals surface area contributed by atoms with Gasteiger partial charge in [0.05, 0.1) is 17.1 Å². The average Bonchev–Trinajstić information content (AvgIpc) is 2.69. The molecule has 0 unspecified atom stereocenters. The van der Waals surface area contributed by atoms with Crippen LogP contribution >= 0.6 is 11.8 Å². The fourth-order valence-corrected chi connectivity index (χ4v) is 5.10. The van der Waals surface area contributed by atoms with Gasteiger partial charge in [-0.05, 0) is 37.4 Å². The van der Waals surface area contributed by atoms with Crippen molar-refractivity contribution in [2.45, 2.75) is 16.7 Å². The monoisotopic (exact) mass is 419 g/mol. The quantitative estimate of drug-likeness (QED) is 0.729. The van der Waals surface area contributed by atoms with Crippen molar-refractivity contribution >= 4 is 33.4 Å². The Morgan fingerprint density at radius 2 is 1.68 bits per heavy atom. The van der Waals surface area contributed by atoms with E-state index < -0.39 is 10.0 Å². The number of para-hydroxylation sites is 1. The van der Waals surface area contributed by atoms with Gasteiger partial charge in [-0.1, -0.05) is 29.8 Å². The van der Waals surface area contributed by atoms with Crippen LogP contribution in [0.4, 0.5) is 5.69 Å². The van der Waals surface area contributed by atoms with E-state index in [0.29, 0.717) is 31.1 Å². The SMILES string of the molecule is CSc1ccccc1NC(=O)CN1CCN(S(=O)(=O)c2ccc(C)cc2)CC1. The maximum Gasteiger partial charge on any atom is 0.243 e. The zero-order valence-electron chi connectivity index (χ0n) is 16.1. The molecule has 0 aliphatic carbocycles. The minimum absolute atomic E-state index is 0.0867. The van der Waals surface area contributed by atoms with Gasteiger partial charge in [-0.25, -0.2) is 8.42 Å². The second-order valence-corrected chi connectivity index (χ2v) is 9.53. The summed E-state index contributed by atoms with van der Waals surface area (Å²) in [6.45, 7) is 4.00. The van der Waals surface area contributed by atoms with Gasteiger partial charge in [-0.2, -0.15) is 4.31 Å². The van der Waals surface area contributed by atoms with E-state index >= 15 is 0 Å². The van der Waals surface area contributed by atoms with Crippen LogP contribution in [0.15, 0.2) is 58.3 Å². The van der Waals surface area contributed by atoms with Gasteiger partial charge in [-0.15, -0.1) is 11.8 Å². The lowest BCUT2D eigenvalue weighted by atomic mass is 10.2. The first-order valence-corrected chi connectivity index (χ1v) is 11.8. The number of amides is 1. The normalized spacial score (nSPS) is 16.1. The largest absolute Gasteiger partial charge is 0.324 e. The molecular weight excluding hydrogens is 394 g/mol. The number of nitrogens with one attached hydrogen (secondary N) is 1. The molecule has 2 aromatic carbocycles. The van der Waals surface area contributed by atoms with Crippen LogP contribution in [0.5, 0.6) is 0 Å². The lowest BCUT2D eigenvalue weighted by Gasteiger charge is -2.33. The van der Waals surface area contributed by atoms with Crippen molar-refractivity contribution in [3.63, 3.8) is 0 Å². The van der Waals surface area contributed by atoms with Gasteiger partial charge in [0.15, 0.2) is 0 Å². The van der Waals surface area contributed by atoms with Crippen LogP contribution in [0.25, 0.3) is 0 Å². The second-order valence-electron chi connectivity index (χ2n) is 6.74. The molecule has 1 N–H and O–H groups in total. The molecule has 1 aliphatic rings. The van der Waals surface area contributed by atoms with Crippen molar-refractivity contribution in [3.05, 3.63) is 54.1 Å². The fraction of sp³-hybridized carbons (Fsp3) is 0.350. The molecule has 150 valence electrons. The molecule has 1 saturated heterocycles. The topological polar surface area (TPSA) is 69.7 Å². The third kappa shape index (κ3) is 4.94. The Morgan fingerprint density at radius 3 is 2.32 bits per heavy atom. The van der Waals surface area contributed by atoms with Crippen LogP contribution in [-0.4, -0.2) is 62.5 Å². The minimum Gasteiger partial charge on any atom is -0.324 e. The summed E-state index contributed by atoms with van der Waals surface area (Å²) >= 11 is 1.58. The van der Waals surface area contributed by atoms with Gasteiger partial charge in [0, 0.05) is 31.1 Å². The molecule has 0 bridgehead atoms. The van der Waals surface area contributed by atoms with E-state index in [9.17, 15) is 13.2 Å². The first kappa shape index (κ1) is 20.9. The molecule has 0 aromatic heterocycles. The molecule has 0 spiro atoms. The molecule has 0 saturated carbocycles. The van der Waals surface area contributed by atoms with Gasteiger partial charge in [0.2, 0.25) is 15.9 Å². The number of rotatable bonds is 6. The van der Waals surface area contributed by atoms with E-state index in [0.717, 1.165) is 16.1 Å². The zero-order chi connectivity index (χ0) is 20.1. The number of carbonyl (C=O) groups excluding carboxylic acids is 1. The van der Waals surface area contributed by atoms with Crippen LogP contribution in [0.1, 0.15) is 5.56 Å². The minimum atomic E-state index is -3.48. The van der Waals surface area contributed by atoms with Gasteiger partial charge in [0.25, 0.3) is 0 Å². The van der Waals surface area contributed by atoms with E-state index in [1.54, 1.807) is 36.0 Å². The Balaban J connectivity index is 1.55. The van der Waals surface area contributed by atoms with E-state index in [4.69, 9.17) is 0 Å². The number of sulfonamides is 1. The van der Waals surface area contributed by atoms with Crippen molar-refractivity contribution in [2.24, 2.45) is 0 Å². The van der Waals surface area contributed by atoms with Crippen molar-refractivity contribution in [1.29, 1.82) is 0 Å². The molecule has 1 fully saturated rings. The second kappa shape index (κ2) is 9.09. The summed E-state index contributed by atoms with van der Waals surface area (Å²) in [6.07, 6.45) is 1.97. The molecule has 6 nitrogen and oxygen atoms in total. The fourth-order valence-electron chi connectivity index (χ4n) is 3.13. The third-order valence-corrected chi connectivity index (χ3v) is 7.45. The number of carbonyl (C=O) groups is 1. The molecular formula is C20H25N3O3S2. The van der Waals surface area contributed by atoms with Gasteiger partial charge in [-0.3, -0.25) is 9.69 Å². The number of hydrogen-bond acceptors (Lipinski definition) is 5. The summed E-state index contributed by atoms with van der Waals surface area (Å²) < 4.78 is 27.0. The lowest BCUT2D eigenvalue weighted by Crippen LogP contribution is -2.50. The highest BCUT2D eigenvalue weighted by atomic mass is 32.2. The third-order valence-electron chi connectivity index (χ3n) is 4.74. The van der Waals surface area contributed by atoms with Crippen molar-refractivity contribution in [1.82, 2.24) is 9.21 Å². The summed E-state index contributed by atoms with van der Waals surface area (Å²) in [5.41, 5.74) is 1.83. The van der Waals surface area contributed by atoms with Crippen LogP contribution in [0.3, 0.4) is 0 Å². The number of nitrogens with zero attached hydrogens (tertiary/aromatic N) is 2. The number of hydrogen-bond donors (Lipinski definition) is 1. The van der Waals surface area contributed by atoms with E-state index in [2.05, 4.69) is 5.32 Å². The van der Waals surface area contributed by atoms with Crippen molar-refractivity contribution in [2.75, 3.05) is 44.3 Å². The Hall–Kier alpha value is -1.87. The first-order chi connectivity index (χ1) is 13.4. The maximum absolute atomic E-state index is 12.8. The molecule has 1 heterocycles. The predicted molar refractivity (Wildman–Crippen MR) is 113 cm³/mol. The van der Waals surface area contributed by atoms with E-state index in [1.165, 1.54) is 4.31 Å². The zero-order valence-corrected chi connectivity index (χ0v) is 17.7. The molecule has 1 aliphatic heterocycles. The van der Waals surface area contributed by atoms with Crippen molar-refractivity contribution in [3.8, 4) is 0 Å². The number of thioether (sulfide) groups is 1. The Morgan fingerprint density at radius 1 is 1.04 bits per heavy atom. The van der Waals surface area contributed by atoms with Crippen molar-refractivity contribution < 1.29 is 13.2 Å². The van der Waals surface area contributed by atoms with Gasteiger partial charge in [0.1, 0.15) is 0 Å². The number of benzene rings is 2. The highest BCUT2D eigenvalue weighted by molar-refractivity contribution is 7.98. The highest BCUT2D eigenvalue weighted by Crippen LogP contribution is 2.24. The molecule has 8 heteroatoms. The summed E-state index contributed by atoms with van der Waals surface area (Å²) in [5, 5.41) is 2.95. The van der Waals surface area contributed by atoms with Crippen LogP contribution < -0.4 is 5.32 Å². The summed E-state index contributed by atoms with van der Waals surface area (Å²) in [6, 6.07) is 14.6. The van der Waals surface area contributed by atoms with E-state index in [1.807, 2.05) is 42.3 Å². The summed E-state index contributed by atoms with van der Waals surface area (Å²) in [7, 11) is -3.48. The predicted octanol–water partition coefficient (Wildman–Crippen LogP) is 2.66. The Bertz CT molecular complexity index is 922. The summed E-state index contributed by atoms with van der Waals surface area (Å²) in [4.78, 5) is 15.7. The molecule has 1 amide bonds. The van der Waals surface area contributed by atoms with Crippen LogP contribution in [-0.2, 0) is 14.8 Å². The lowest BCUT2D eigenvalue weighted by molar-refractivity contribution is -0.117. The molecule has 3 rings (SSSR count). The first-order valence-electron chi connectivity index (χ1n) is 9.12. The number of aryl methyl sites for hydroxylation is 1. The van der Waals surface area contributed by atoms with Crippen LogP contribution in [0, 0.1) is 6.92 Å². The molecule has 0 radical (unpaired) electrons. The molecule has 2 aromatic rings. The Kier molecular flexibility index (Phi) is 6.77. The van der Waals surface area contributed by atoms with E-state index in [-0.39, 0.29) is 12.5 Å². The standard InChI is InChI=1S/C20H25N3O3S2/c1-16-7-9-17(10-8-16)28(25,26)23-13-11-22(12-14-23)15-20(24)21-18-5-3-4-6-19(18)27-2/h3-10H,11-15H2,1-2H3,(H,21,24). The Labute approximate surface area is 171 Å². The summed E-state index contributed by atoms with van der Waals surface area (Å²) in [5.74, 6) is -0.0867. The average molecular weight is 420 g/mol. The highest BCUT2D eigenvalue weighted by Gasteiger charge is 2.29. The van der Waals surface area contributed by atoms with Crippen LogP contribution in [0.2, 0.25) is 0 Å². The van der Waals surface area contributed by atoms with Gasteiger partial charge >= 0.3 is 0 Å².